The number of rotatable bonds is 4. The molecule has 1 fully saturated rings. The van der Waals surface area contributed by atoms with E-state index >= 15 is 0 Å². The van der Waals surface area contributed by atoms with E-state index in [1.165, 1.54) is 11.3 Å². The molecular weight excluding hydrogens is 412 g/mol. The van der Waals surface area contributed by atoms with Gasteiger partial charge in [0, 0.05) is 43.4 Å². The molecule has 0 aliphatic carbocycles. The van der Waals surface area contributed by atoms with Crippen LogP contribution in [-0.2, 0) is 7.05 Å². The largest absolute Gasteiger partial charge is 0.339 e. The predicted octanol–water partition coefficient (Wildman–Crippen LogP) is 3.92. The van der Waals surface area contributed by atoms with E-state index < -0.39 is 0 Å². The third-order valence-corrected chi connectivity index (χ3v) is 6.74. The van der Waals surface area contributed by atoms with Crippen LogP contribution >= 0.6 is 11.3 Å². The molecule has 3 aromatic heterocycles. The van der Waals surface area contributed by atoms with Crippen LogP contribution in [0.3, 0.4) is 0 Å². The Balaban J connectivity index is 1.25. The number of amides is 1. The van der Waals surface area contributed by atoms with Gasteiger partial charge in [-0.3, -0.25) is 9.48 Å². The molecule has 0 saturated carbocycles. The van der Waals surface area contributed by atoms with Crippen LogP contribution in [0, 0.1) is 6.92 Å². The molecule has 0 radical (unpaired) electrons. The standard InChI is InChI=1S/C22H22N6O2S/c1-14-18(31-21(24-14)17-12-23-27(2)13-17)22(29)28-10-8-16(9-11-28)20-25-19(26-30-20)15-6-4-3-5-7-15/h3-7,12-13,16H,8-11H2,1-2H3. The Morgan fingerprint density at radius 2 is 1.90 bits per heavy atom. The van der Waals surface area contributed by atoms with E-state index in [9.17, 15) is 4.79 Å². The number of nitrogens with zero attached hydrogens (tertiary/aromatic N) is 6. The topological polar surface area (TPSA) is 89.9 Å². The number of aryl methyl sites for hydroxylation is 2. The van der Waals surface area contributed by atoms with Crippen LogP contribution in [0.25, 0.3) is 22.0 Å². The molecule has 4 heterocycles. The van der Waals surface area contributed by atoms with E-state index in [2.05, 4.69) is 20.2 Å². The fourth-order valence-corrected chi connectivity index (χ4v) is 4.84. The fraction of sp³-hybridized carbons (Fsp3) is 0.318. The average Bonchev–Trinajstić information content (AvgIpc) is 3.54. The summed E-state index contributed by atoms with van der Waals surface area (Å²) in [5.41, 5.74) is 2.63. The molecule has 8 nitrogen and oxygen atoms in total. The van der Waals surface area contributed by atoms with Gasteiger partial charge in [-0.15, -0.1) is 11.3 Å². The van der Waals surface area contributed by atoms with Gasteiger partial charge in [-0.25, -0.2) is 4.98 Å². The number of carbonyl (C=O) groups is 1. The molecule has 4 aromatic rings. The first-order valence-corrected chi connectivity index (χ1v) is 11.0. The SMILES string of the molecule is Cc1nc(-c2cnn(C)c2)sc1C(=O)N1CCC(c2nc(-c3ccccc3)no2)CC1. The van der Waals surface area contributed by atoms with Crippen molar-refractivity contribution < 1.29 is 9.32 Å². The van der Waals surface area contributed by atoms with Crippen molar-refractivity contribution in [3.05, 3.63) is 59.2 Å². The minimum atomic E-state index is 0.0408. The Hall–Kier alpha value is -3.33. The second-order valence-electron chi connectivity index (χ2n) is 7.72. The lowest BCUT2D eigenvalue weighted by Crippen LogP contribution is -2.37. The molecule has 1 aliphatic rings. The Kier molecular flexibility index (Phi) is 5.11. The van der Waals surface area contributed by atoms with Crippen LogP contribution in [0.1, 0.15) is 40.0 Å². The molecule has 0 bridgehead atoms. The second-order valence-corrected chi connectivity index (χ2v) is 8.72. The smallest absolute Gasteiger partial charge is 0.265 e. The lowest BCUT2D eigenvalue weighted by atomic mass is 9.96. The van der Waals surface area contributed by atoms with Crippen LogP contribution in [-0.4, -0.2) is 48.8 Å². The molecule has 31 heavy (non-hydrogen) atoms. The monoisotopic (exact) mass is 434 g/mol. The van der Waals surface area contributed by atoms with Gasteiger partial charge in [-0.1, -0.05) is 35.5 Å². The Morgan fingerprint density at radius 3 is 2.61 bits per heavy atom. The summed E-state index contributed by atoms with van der Waals surface area (Å²) < 4.78 is 7.27. The number of aromatic nitrogens is 5. The predicted molar refractivity (Wildman–Crippen MR) is 117 cm³/mol. The van der Waals surface area contributed by atoms with Crippen molar-refractivity contribution in [2.45, 2.75) is 25.7 Å². The zero-order valence-electron chi connectivity index (χ0n) is 17.4. The highest BCUT2D eigenvalue weighted by Gasteiger charge is 2.30. The lowest BCUT2D eigenvalue weighted by Gasteiger charge is -2.30. The summed E-state index contributed by atoms with van der Waals surface area (Å²) in [5, 5.41) is 9.14. The van der Waals surface area contributed by atoms with E-state index in [1.54, 1.807) is 10.9 Å². The van der Waals surface area contributed by atoms with Gasteiger partial charge >= 0.3 is 0 Å². The van der Waals surface area contributed by atoms with Crippen molar-refractivity contribution in [3.63, 3.8) is 0 Å². The first-order chi connectivity index (χ1) is 15.1. The average molecular weight is 435 g/mol. The summed E-state index contributed by atoms with van der Waals surface area (Å²) >= 11 is 1.43. The van der Waals surface area contributed by atoms with E-state index in [1.807, 2.05) is 55.4 Å². The highest BCUT2D eigenvalue weighted by atomic mass is 32.1. The van der Waals surface area contributed by atoms with Gasteiger partial charge in [-0.2, -0.15) is 10.1 Å². The van der Waals surface area contributed by atoms with Crippen molar-refractivity contribution in [2.75, 3.05) is 13.1 Å². The van der Waals surface area contributed by atoms with Crippen LogP contribution in [0.15, 0.2) is 47.2 Å². The van der Waals surface area contributed by atoms with Crippen LogP contribution in [0.4, 0.5) is 0 Å². The zero-order chi connectivity index (χ0) is 21.4. The zero-order valence-corrected chi connectivity index (χ0v) is 18.2. The first-order valence-electron chi connectivity index (χ1n) is 10.2. The Labute approximate surface area is 183 Å². The maximum atomic E-state index is 13.1. The maximum Gasteiger partial charge on any atom is 0.265 e. The minimum Gasteiger partial charge on any atom is -0.339 e. The summed E-state index contributed by atoms with van der Waals surface area (Å²) in [7, 11) is 1.87. The van der Waals surface area contributed by atoms with Crippen molar-refractivity contribution in [1.29, 1.82) is 0 Å². The van der Waals surface area contributed by atoms with Crippen molar-refractivity contribution >= 4 is 17.2 Å². The molecule has 0 atom stereocenters. The minimum absolute atomic E-state index is 0.0408. The van der Waals surface area contributed by atoms with Gasteiger partial charge in [0.1, 0.15) is 9.88 Å². The van der Waals surface area contributed by atoms with Gasteiger partial charge in [0.2, 0.25) is 11.7 Å². The molecule has 1 saturated heterocycles. The van der Waals surface area contributed by atoms with Gasteiger partial charge in [-0.05, 0) is 19.8 Å². The number of piperidine rings is 1. The number of hydrogen-bond acceptors (Lipinski definition) is 7. The summed E-state index contributed by atoms with van der Waals surface area (Å²) in [6, 6.07) is 9.80. The molecule has 5 rings (SSSR count). The van der Waals surface area contributed by atoms with Crippen LogP contribution in [0.2, 0.25) is 0 Å². The van der Waals surface area contributed by atoms with Gasteiger partial charge < -0.3 is 9.42 Å². The summed E-state index contributed by atoms with van der Waals surface area (Å²) in [4.78, 5) is 24.9. The quantitative estimate of drug-likeness (QED) is 0.484. The molecule has 1 aliphatic heterocycles. The fourth-order valence-electron chi connectivity index (χ4n) is 3.83. The molecule has 158 valence electrons. The highest BCUT2D eigenvalue weighted by molar-refractivity contribution is 7.17. The number of benzene rings is 1. The molecule has 1 amide bonds. The van der Waals surface area contributed by atoms with E-state index in [0.717, 1.165) is 34.7 Å². The molecule has 0 spiro atoms. The van der Waals surface area contributed by atoms with Crippen molar-refractivity contribution in [1.82, 2.24) is 29.8 Å². The first kappa shape index (κ1) is 19.6. The van der Waals surface area contributed by atoms with Crippen molar-refractivity contribution in [3.8, 4) is 22.0 Å². The Bertz CT molecular complexity index is 1200. The normalized spacial score (nSPS) is 14.8. The maximum absolute atomic E-state index is 13.1. The van der Waals surface area contributed by atoms with E-state index in [0.29, 0.717) is 29.7 Å². The number of carbonyl (C=O) groups excluding carboxylic acids is 1. The molecule has 9 heteroatoms. The van der Waals surface area contributed by atoms with Gasteiger partial charge in [0.05, 0.1) is 11.9 Å². The second kappa shape index (κ2) is 8.07. The van der Waals surface area contributed by atoms with Crippen molar-refractivity contribution in [2.24, 2.45) is 7.05 Å². The lowest BCUT2D eigenvalue weighted by molar-refractivity contribution is 0.0708. The van der Waals surface area contributed by atoms with E-state index in [4.69, 9.17) is 4.52 Å². The third-order valence-electron chi connectivity index (χ3n) is 5.55. The van der Waals surface area contributed by atoms with Gasteiger partial charge in [0.25, 0.3) is 5.91 Å². The number of hydrogen-bond donors (Lipinski definition) is 0. The summed E-state index contributed by atoms with van der Waals surface area (Å²) in [6.45, 7) is 3.21. The van der Waals surface area contributed by atoms with Gasteiger partial charge in [0.15, 0.2) is 0 Å². The molecule has 1 aromatic carbocycles. The van der Waals surface area contributed by atoms with Crippen LogP contribution in [0.5, 0.6) is 0 Å². The molecular formula is C22H22N6O2S. The number of likely N-dealkylation sites (tertiary alicyclic amines) is 1. The Morgan fingerprint density at radius 1 is 1.13 bits per heavy atom. The highest BCUT2D eigenvalue weighted by Crippen LogP contribution is 2.32. The van der Waals surface area contributed by atoms with Crippen LogP contribution < -0.4 is 0 Å². The van der Waals surface area contributed by atoms with E-state index in [-0.39, 0.29) is 11.8 Å². The molecule has 0 unspecified atom stereocenters. The number of thiazole rings is 1. The summed E-state index contributed by atoms with van der Waals surface area (Å²) in [6.07, 6.45) is 5.28. The molecule has 0 N–H and O–H groups in total. The third kappa shape index (κ3) is 3.88. The summed E-state index contributed by atoms with van der Waals surface area (Å²) in [5.74, 6) is 1.47.